The summed E-state index contributed by atoms with van der Waals surface area (Å²) in [5.41, 5.74) is 0. The van der Waals surface area contributed by atoms with Crippen molar-refractivity contribution in [1.82, 2.24) is 5.32 Å². The summed E-state index contributed by atoms with van der Waals surface area (Å²) in [5, 5.41) is 6.57. The van der Waals surface area contributed by atoms with Crippen LogP contribution in [0.3, 0.4) is 0 Å². The Kier molecular flexibility index (Phi) is 6.39. The molecule has 0 bridgehead atoms. The summed E-state index contributed by atoms with van der Waals surface area (Å²) in [7, 11) is -4.15. The van der Waals surface area contributed by atoms with Gasteiger partial charge in [0, 0.05) is 23.8 Å². The Morgan fingerprint density at radius 1 is 1.44 bits per heavy atom. The molecule has 1 aromatic rings. The number of hydrogen-bond donors (Lipinski definition) is 1. The average molecular weight is 301 g/mol. The van der Waals surface area contributed by atoms with Crippen molar-refractivity contribution >= 4 is 21.5 Å². The van der Waals surface area contributed by atoms with Gasteiger partial charge in [-0.25, -0.2) is 8.42 Å². The van der Waals surface area contributed by atoms with Gasteiger partial charge in [-0.05, 0) is 0 Å². The van der Waals surface area contributed by atoms with Gasteiger partial charge in [-0.3, -0.25) is 0 Å². The zero-order chi connectivity index (χ0) is 12.3. The van der Waals surface area contributed by atoms with Gasteiger partial charge >= 0.3 is 29.6 Å². The van der Waals surface area contributed by atoms with E-state index in [1.54, 1.807) is 0 Å². The van der Waals surface area contributed by atoms with E-state index in [-0.39, 0.29) is 42.2 Å². The maximum Gasteiger partial charge on any atom is 1.00 e. The number of rotatable bonds is 5. The molecule has 6 nitrogen and oxygen atoms in total. The van der Waals surface area contributed by atoms with Crippen LogP contribution in [0, 0.1) is 0 Å². The van der Waals surface area contributed by atoms with Crippen LogP contribution < -0.4 is 44.3 Å². The summed E-state index contributed by atoms with van der Waals surface area (Å²) in [4.78, 5) is 0. The Morgan fingerprint density at radius 3 is 2.89 bits per heavy atom. The van der Waals surface area contributed by atoms with Crippen LogP contribution in [-0.2, 0) is 10.1 Å². The summed E-state index contributed by atoms with van der Waals surface area (Å²) in [6.07, 6.45) is -0.161. The normalized spacial score (nSPS) is 18.2. The standard InChI is InChI=1S/C9H13NO5S2.Na/c11-17(12,13)2-1-10-3-7-4-14-8-5-16-6-9(8)15-7;/h5-7,10H,1-4H2,(H,11,12,13);/q;+1/p-1. The van der Waals surface area contributed by atoms with Gasteiger partial charge in [0.2, 0.25) is 0 Å². The fourth-order valence-electron chi connectivity index (χ4n) is 1.42. The number of nitrogens with one attached hydrogen (secondary N) is 1. The van der Waals surface area contributed by atoms with Crippen LogP contribution in [0.4, 0.5) is 0 Å². The van der Waals surface area contributed by atoms with E-state index in [0.29, 0.717) is 18.9 Å². The van der Waals surface area contributed by atoms with Crippen LogP contribution in [0.5, 0.6) is 11.5 Å². The summed E-state index contributed by atoms with van der Waals surface area (Å²) in [6, 6.07) is 0. The van der Waals surface area contributed by atoms with E-state index >= 15 is 0 Å². The van der Waals surface area contributed by atoms with Gasteiger partial charge in [-0.15, -0.1) is 11.3 Å². The van der Waals surface area contributed by atoms with Gasteiger partial charge in [0.15, 0.2) is 11.5 Å². The second-order valence-corrected chi connectivity index (χ2v) is 5.88. The molecule has 1 aromatic heterocycles. The molecule has 96 valence electrons. The maximum absolute atomic E-state index is 10.4. The predicted octanol–water partition coefficient (Wildman–Crippen LogP) is -2.97. The van der Waals surface area contributed by atoms with Gasteiger partial charge < -0.3 is 19.3 Å². The third-order valence-electron chi connectivity index (χ3n) is 2.21. The Morgan fingerprint density at radius 2 is 2.17 bits per heavy atom. The SMILES string of the molecule is O=S(=O)([O-])CCNCC1COc2cscc2O1.[Na+]. The van der Waals surface area contributed by atoms with E-state index in [1.165, 1.54) is 11.3 Å². The first kappa shape index (κ1) is 16.2. The zero-order valence-electron chi connectivity index (χ0n) is 9.92. The van der Waals surface area contributed by atoms with Gasteiger partial charge in [-0.2, -0.15) is 0 Å². The van der Waals surface area contributed by atoms with Crippen molar-refractivity contribution in [1.29, 1.82) is 0 Å². The average Bonchev–Trinajstić information content (AvgIpc) is 2.70. The summed E-state index contributed by atoms with van der Waals surface area (Å²) < 4.78 is 42.1. The van der Waals surface area contributed by atoms with E-state index in [1.807, 2.05) is 10.8 Å². The van der Waals surface area contributed by atoms with Crippen molar-refractivity contribution in [3.05, 3.63) is 10.8 Å². The van der Waals surface area contributed by atoms with Crippen molar-refractivity contribution in [3.63, 3.8) is 0 Å². The molecule has 0 saturated carbocycles. The van der Waals surface area contributed by atoms with Crippen LogP contribution in [0.2, 0.25) is 0 Å². The Bertz CT molecular complexity index is 475. The number of hydrogen-bond acceptors (Lipinski definition) is 7. The molecule has 2 rings (SSSR count). The van der Waals surface area contributed by atoms with Crippen LogP contribution in [0.1, 0.15) is 0 Å². The van der Waals surface area contributed by atoms with Gasteiger partial charge in [-0.1, -0.05) is 0 Å². The van der Waals surface area contributed by atoms with Crippen molar-refractivity contribution < 1.29 is 52.0 Å². The van der Waals surface area contributed by atoms with E-state index < -0.39 is 15.9 Å². The molecular weight excluding hydrogens is 289 g/mol. The molecular formula is C9H12NNaO5S2. The molecule has 2 heterocycles. The monoisotopic (exact) mass is 301 g/mol. The van der Waals surface area contributed by atoms with Crippen LogP contribution >= 0.6 is 11.3 Å². The second-order valence-electron chi connectivity index (χ2n) is 3.62. The number of ether oxygens (including phenoxy) is 2. The maximum atomic E-state index is 10.4. The molecule has 0 amide bonds. The molecule has 1 unspecified atom stereocenters. The third kappa shape index (κ3) is 5.04. The van der Waals surface area contributed by atoms with Crippen LogP contribution in [0.15, 0.2) is 10.8 Å². The molecule has 1 aliphatic heterocycles. The Balaban J connectivity index is 0.00000162. The molecule has 0 radical (unpaired) electrons. The molecule has 0 aliphatic carbocycles. The molecule has 1 aliphatic rings. The van der Waals surface area contributed by atoms with Crippen molar-refractivity contribution in [3.8, 4) is 11.5 Å². The minimum Gasteiger partial charge on any atom is -0.748 e. The molecule has 0 aromatic carbocycles. The molecule has 18 heavy (non-hydrogen) atoms. The first-order valence-corrected chi connectivity index (χ1v) is 7.56. The summed E-state index contributed by atoms with van der Waals surface area (Å²) in [5.74, 6) is 1.04. The predicted molar refractivity (Wildman–Crippen MR) is 61.7 cm³/mol. The first-order valence-electron chi connectivity index (χ1n) is 5.04. The summed E-state index contributed by atoms with van der Waals surface area (Å²) in [6.45, 7) is 0.994. The van der Waals surface area contributed by atoms with Gasteiger partial charge in [0.05, 0.1) is 15.9 Å². The van der Waals surface area contributed by atoms with Crippen molar-refractivity contribution in [2.45, 2.75) is 6.10 Å². The number of thiophene rings is 1. The largest absolute Gasteiger partial charge is 1.00 e. The van der Waals surface area contributed by atoms with Gasteiger partial charge in [0.25, 0.3) is 0 Å². The minimum absolute atomic E-state index is 0. The van der Waals surface area contributed by atoms with Crippen molar-refractivity contribution in [2.75, 3.05) is 25.4 Å². The Labute approximate surface area is 132 Å². The zero-order valence-corrected chi connectivity index (χ0v) is 13.6. The number of fused-ring (bicyclic) bond motifs is 1. The molecule has 1 N–H and O–H groups in total. The summed E-state index contributed by atoms with van der Waals surface area (Å²) >= 11 is 1.50. The molecule has 9 heteroatoms. The second kappa shape index (κ2) is 7.09. The van der Waals surface area contributed by atoms with Gasteiger partial charge in [0.1, 0.15) is 12.7 Å². The smallest absolute Gasteiger partial charge is 0.748 e. The van der Waals surface area contributed by atoms with E-state index in [0.717, 1.165) is 5.75 Å². The van der Waals surface area contributed by atoms with E-state index in [9.17, 15) is 13.0 Å². The minimum atomic E-state index is -4.15. The fraction of sp³-hybridized carbons (Fsp3) is 0.556. The molecule has 1 atom stereocenters. The molecule has 0 saturated heterocycles. The van der Waals surface area contributed by atoms with Crippen LogP contribution in [-0.4, -0.2) is 44.5 Å². The van der Waals surface area contributed by atoms with Crippen molar-refractivity contribution in [2.24, 2.45) is 0 Å². The third-order valence-corrected chi connectivity index (χ3v) is 3.62. The Hall–Kier alpha value is 0.170. The molecule has 0 spiro atoms. The fourth-order valence-corrected chi connectivity index (χ4v) is 2.49. The molecule has 0 fully saturated rings. The van der Waals surface area contributed by atoms with E-state index in [4.69, 9.17) is 9.47 Å². The topological polar surface area (TPSA) is 87.7 Å². The first-order chi connectivity index (χ1) is 8.04. The van der Waals surface area contributed by atoms with Crippen LogP contribution in [0.25, 0.3) is 0 Å². The quantitative estimate of drug-likeness (QED) is 0.355. The van der Waals surface area contributed by atoms with E-state index in [2.05, 4.69) is 5.32 Å².